The number of phosphoric ester groups is 1. The van der Waals surface area contributed by atoms with Crippen molar-refractivity contribution in [3.63, 3.8) is 0 Å². The Morgan fingerprint density at radius 1 is 1.03 bits per heavy atom. The maximum Gasteiger partial charge on any atom is 0.527 e. The lowest BCUT2D eigenvalue weighted by Gasteiger charge is -2.47. The normalized spacial score (nSPS) is 23.9. The van der Waals surface area contributed by atoms with Gasteiger partial charge in [-0.25, -0.2) is 9.36 Å². The van der Waals surface area contributed by atoms with Gasteiger partial charge in [0.15, 0.2) is 0 Å². The fraction of sp³-hybridized carbons (Fsp3) is 0.444. The van der Waals surface area contributed by atoms with Gasteiger partial charge in [-0.3, -0.25) is 19.2 Å². The molecule has 3 aromatic carbocycles. The number of nitrogens with one attached hydrogen (secondary N) is 2. The number of carbonyl (C=O) groups excluding carboxylic acids is 1. The molecule has 0 radical (unpaired) electrons. The number of anilines is 1. The highest BCUT2D eigenvalue weighted by Crippen LogP contribution is 2.57. The molecule has 1 heterocycles. The quantitative estimate of drug-likeness (QED) is 0.0635. The zero-order valence-corrected chi connectivity index (χ0v) is 34.8. The van der Waals surface area contributed by atoms with Crippen LogP contribution < -0.4 is 19.9 Å². The number of carboxylic acid groups (broad SMARTS) is 1. The van der Waals surface area contributed by atoms with Crippen molar-refractivity contribution in [3.8, 4) is 11.5 Å². The van der Waals surface area contributed by atoms with Crippen molar-refractivity contribution < 1.29 is 37.9 Å². The van der Waals surface area contributed by atoms with Crippen LogP contribution in [0.3, 0.4) is 0 Å². The van der Waals surface area contributed by atoms with Crippen molar-refractivity contribution in [2.45, 2.75) is 94.9 Å². The van der Waals surface area contributed by atoms with Gasteiger partial charge in [-0.05, 0) is 134 Å². The minimum absolute atomic E-state index is 0.0354. The van der Waals surface area contributed by atoms with E-state index >= 15 is 0 Å². The molecule has 1 aromatic heterocycles. The van der Waals surface area contributed by atoms with E-state index in [1.165, 1.54) is 5.56 Å². The number of aromatic nitrogens is 1. The number of carbonyl (C=O) groups is 2. The number of benzene rings is 3. The summed E-state index contributed by atoms with van der Waals surface area (Å²) in [6.07, 6.45) is 8.74. The first kappa shape index (κ1) is 41.7. The second-order valence-corrected chi connectivity index (χ2v) is 18.2. The SMILES string of the molecule is C[C@@H](COc1ccnc2c1[C@H](C)CCC2)C[C@H]1Cc2ccc(OP(=O)(O)OCCNC(=O)Cc3ccccc3)cc2C12CCC(Nc1cccc(Cl)c1)(C(=O)O)CC2. The molecule has 1 saturated carbocycles. The summed E-state index contributed by atoms with van der Waals surface area (Å²) in [4.78, 5) is 40.7. The smallest absolute Gasteiger partial charge is 0.493 e. The summed E-state index contributed by atoms with van der Waals surface area (Å²) < 4.78 is 30.6. The van der Waals surface area contributed by atoms with Gasteiger partial charge in [-0.15, -0.1) is 0 Å². The Morgan fingerprint density at radius 3 is 2.59 bits per heavy atom. The molecule has 1 unspecified atom stereocenters. The number of fused-ring (bicyclic) bond motifs is 3. The number of hydrogen-bond acceptors (Lipinski definition) is 8. The van der Waals surface area contributed by atoms with Gasteiger partial charge < -0.3 is 25.0 Å². The summed E-state index contributed by atoms with van der Waals surface area (Å²) in [5.74, 6) is 0.709. The highest BCUT2D eigenvalue weighted by atomic mass is 35.5. The Kier molecular flexibility index (Phi) is 12.8. The van der Waals surface area contributed by atoms with Crippen LogP contribution in [0.5, 0.6) is 11.5 Å². The summed E-state index contributed by atoms with van der Waals surface area (Å²) in [6, 6.07) is 23.9. The Labute approximate surface area is 345 Å². The molecule has 0 bridgehead atoms. The van der Waals surface area contributed by atoms with Crippen LogP contribution in [0.1, 0.15) is 92.7 Å². The lowest BCUT2D eigenvalue weighted by molar-refractivity contribution is -0.144. The molecule has 7 rings (SSSR count). The zero-order valence-electron chi connectivity index (χ0n) is 33.1. The van der Waals surface area contributed by atoms with Gasteiger partial charge in [0.25, 0.3) is 0 Å². The first-order valence-electron chi connectivity index (χ1n) is 20.3. The van der Waals surface area contributed by atoms with Crippen LogP contribution in [-0.4, -0.2) is 52.2 Å². The molecule has 3 aliphatic carbocycles. The second kappa shape index (κ2) is 17.8. The minimum atomic E-state index is -4.55. The molecule has 308 valence electrons. The number of aryl methyl sites for hydroxylation is 1. The van der Waals surface area contributed by atoms with Gasteiger partial charge in [0.05, 0.1) is 19.6 Å². The Bertz CT molecular complexity index is 2140. The van der Waals surface area contributed by atoms with Gasteiger partial charge in [0, 0.05) is 34.7 Å². The van der Waals surface area contributed by atoms with E-state index in [0.29, 0.717) is 48.9 Å². The van der Waals surface area contributed by atoms with Gasteiger partial charge in [-0.2, -0.15) is 0 Å². The zero-order chi connectivity index (χ0) is 40.9. The van der Waals surface area contributed by atoms with E-state index < -0.39 is 24.7 Å². The summed E-state index contributed by atoms with van der Waals surface area (Å²) in [5.41, 5.74) is 4.38. The van der Waals surface area contributed by atoms with Gasteiger partial charge in [0.2, 0.25) is 5.91 Å². The van der Waals surface area contributed by atoms with E-state index in [1.807, 2.05) is 60.8 Å². The van der Waals surface area contributed by atoms with Gasteiger partial charge >= 0.3 is 13.8 Å². The van der Waals surface area contributed by atoms with Crippen LogP contribution in [-0.2, 0) is 43.4 Å². The van der Waals surface area contributed by atoms with Crippen molar-refractivity contribution >= 4 is 37.0 Å². The molecule has 3 aliphatic rings. The average molecular weight is 830 g/mol. The van der Waals surface area contributed by atoms with Crippen molar-refractivity contribution in [3.05, 3.63) is 118 Å². The molecule has 1 fully saturated rings. The van der Waals surface area contributed by atoms with Crippen LogP contribution in [0, 0.1) is 11.8 Å². The summed E-state index contributed by atoms with van der Waals surface area (Å²) in [7, 11) is -4.55. The summed E-state index contributed by atoms with van der Waals surface area (Å²) >= 11 is 6.28. The molecular formula is C45H53ClN3O8P. The number of carboxylic acids is 1. The van der Waals surface area contributed by atoms with Crippen molar-refractivity contribution in [2.75, 3.05) is 25.1 Å². The Balaban J connectivity index is 1.06. The summed E-state index contributed by atoms with van der Waals surface area (Å²) in [5, 5.41) is 17.2. The molecule has 1 amide bonds. The van der Waals surface area contributed by atoms with E-state index in [-0.39, 0.29) is 43.1 Å². The first-order valence-corrected chi connectivity index (χ1v) is 22.2. The van der Waals surface area contributed by atoms with Gasteiger partial charge in [-0.1, -0.05) is 67.9 Å². The number of halogens is 1. The predicted octanol–water partition coefficient (Wildman–Crippen LogP) is 9.05. The molecule has 13 heteroatoms. The number of phosphoric acid groups is 1. The lowest BCUT2D eigenvalue weighted by Crippen LogP contribution is -2.53. The largest absolute Gasteiger partial charge is 0.527 e. The number of pyridine rings is 1. The molecule has 0 saturated heterocycles. The summed E-state index contributed by atoms with van der Waals surface area (Å²) in [6.45, 7) is 4.80. The average Bonchev–Trinajstić information content (AvgIpc) is 3.47. The van der Waals surface area contributed by atoms with E-state index in [2.05, 4.69) is 29.5 Å². The third-order valence-electron chi connectivity index (χ3n) is 12.4. The van der Waals surface area contributed by atoms with Gasteiger partial charge in [0.1, 0.15) is 17.0 Å². The highest BCUT2D eigenvalue weighted by molar-refractivity contribution is 7.47. The van der Waals surface area contributed by atoms with Crippen LogP contribution >= 0.6 is 19.4 Å². The topological polar surface area (TPSA) is 156 Å². The molecule has 1 spiro atoms. The molecule has 11 nitrogen and oxygen atoms in total. The van der Waals surface area contributed by atoms with Crippen molar-refractivity contribution in [1.29, 1.82) is 0 Å². The number of amides is 1. The molecule has 4 N–H and O–H groups in total. The van der Waals surface area contributed by atoms with Crippen LogP contribution in [0.4, 0.5) is 5.69 Å². The highest BCUT2D eigenvalue weighted by Gasteiger charge is 2.54. The van der Waals surface area contributed by atoms with Crippen LogP contribution in [0.15, 0.2) is 85.1 Å². The third kappa shape index (κ3) is 9.55. The molecule has 0 aliphatic heterocycles. The Morgan fingerprint density at radius 2 is 1.83 bits per heavy atom. The fourth-order valence-corrected chi connectivity index (χ4v) is 10.4. The standard InChI is InChI=1S/C45H53ClN3O8P/c1-30(29-55-40-16-21-47-39-13-6-8-31(2)42(39)40)24-34-26-33-14-15-37(57-58(53,54)56-23-22-48-41(50)25-32-9-4-3-5-10-32)28-38(33)44(34)17-19-45(20-18-44,43(51)52)49-36-12-7-11-35(46)27-36/h3-5,7,9-12,14-16,21,27-28,30-31,34,49H,6,8,13,17-20,22-26,29H2,1-2H3,(H,48,50)(H,51,52)(H,53,54)/t30-,31-,34+,44?,45?/m1/s1. The molecular weight excluding hydrogens is 777 g/mol. The Hall–Kier alpha value is -4.41. The number of rotatable bonds is 16. The third-order valence-corrected chi connectivity index (χ3v) is 13.6. The lowest BCUT2D eigenvalue weighted by atomic mass is 9.59. The minimum Gasteiger partial charge on any atom is -0.493 e. The van der Waals surface area contributed by atoms with Crippen LogP contribution in [0.25, 0.3) is 0 Å². The maximum absolute atomic E-state index is 13.2. The molecule has 58 heavy (non-hydrogen) atoms. The second-order valence-electron chi connectivity index (χ2n) is 16.4. The predicted molar refractivity (Wildman–Crippen MR) is 224 cm³/mol. The number of hydrogen-bond donors (Lipinski definition) is 4. The van der Waals surface area contributed by atoms with Crippen molar-refractivity contribution in [1.82, 2.24) is 10.3 Å². The number of nitrogens with zero attached hydrogens (tertiary/aromatic N) is 1. The number of ether oxygens (including phenoxy) is 1. The van der Waals surface area contributed by atoms with E-state index in [1.54, 1.807) is 24.3 Å². The molecule has 4 atom stereocenters. The maximum atomic E-state index is 13.2. The molecule has 4 aromatic rings. The van der Waals surface area contributed by atoms with Crippen molar-refractivity contribution in [2.24, 2.45) is 11.8 Å². The first-order chi connectivity index (χ1) is 27.8. The monoisotopic (exact) mass is 829 g/mol. The van der Waals surface area contributed by atoms with Crippen LogP contribution in [0.2, 0.25) is 5.02 Å². The van der Waals surface area contributed by atoms with E-state index in [9.17, 15) is 24.2 Å². The number of aliphatic carboxylic acids is 1. The van der Waals surface area contributed by atoms with E-state index in [0.717, 1.165) is 60.2 Å². The van der Waals surface area contributed by atoms with E-state index in [4.69, 9.17) is 25.4 Å². The fourth-order valence-electron chi connectivity index (χ4n) is 9.49.